The molecule has 1 unspecified atom stereocenters. The third-order valence-electron chi connectivity index (χ3n) is 5.52. The Balaban J connectivity index is 3.55. The van der Waals surface area contributed by atoms with Crippen LogP contribution in [-0.4, -0.2) is 59.3 Å². The minimum absolute atomic E-state index is 0.256. The highest BCUT2D eigenvalue weighted by Gasteiger charge is 2.95. The van der Waals surface area contributed by atoms with E-state index in [9.17, 15) is 74.6 Å². The van der Waals surface area contributed by atoms with Crippen molar-refractivity contribution in [2.24, 2.45) is 0 Å². The zero-order valence-electron chi connectivity index (χ0n) is 18.0. The summed E-state index contributed by atoms with van der Waals surface area (Å²) in [5, 5.41) is 0.256. The highest BCUT2D eigenvalue weighted by Crippen LogP contribution is 2.64. The molecule has 0 aromatic heterocycles. The Labute approximate surface area is 211 Å². The maximum atomic E-state index is 14.3. The van der Waals surface area contributed by atoms with E-state index in [1.54, 1.807) is 0 Å². The van der Waals surface area contributed by atoms with Crippen molar-refractivity contribution >= 4 is 35.9 Å². The second-order valence-electron chi connectivity index (χ2n) is 8.41. The Bertz CT molecular complexity index is 939. The highest BCUT2D eigenvalue weighted by molar-refractivity contribution is 14.1. The summed E-state index contributed by atoms with van der Waals surface area (Å²) in [6.45, 7) is 2.49. The molecule has 0 fully saturated rings. The number of alkyl halides is 18. The Morgan fingerprint density at radius 2 is 0.892 bits per heavy atom. The minimum Gasteiger partial charge on any atom is -0.200 e. The van der Waals surface area contributed by atoms with Gasteiger partial charge in [-0.05, 0) is 0 Å². The molecule has 0 saturated heterocycles. The van der Waals surface area contributed by atoms with Gasteiger partial charge in [0.15, 0.2) is 0 Å². The molecule has 19 heteroatoms. The van der Waals surface area contributed by atoms with Crippen LogP contribution in [0.2, 0.25) is 13.1 Å². The fraction of sp³-hybridized carbons (Fsp3) is 0.667. The summed E-state index contributed by atoms with van der Waals surface area (Å²) in [5.41, 5.74) is 0. The lowest BCUT2D eigenvalue weighted by atomic mass is 9.88. The van der Waals surface area contributed by atoms with Gasteiger partial charge in [-0.3, -0.25) is 0 Å². The minimum atomic E-state index is -8.61. The van der Waals surface area contributed by atoms with Gasteiger partial charge in [-0.2, -0.15) is 74.6 Å². The molecule has 1 aromatic rings. The fourth-order valence-corrected chi connectivity index (χ4v) is 6.67. The Morgan fingerprint density at radius 1 is 0.568 bits per heavy atom. The average molecular weight is 708 g/mol. The van der Waals surface area contributed by atoms with Gasteiger partial charge < -0.3 is 0 Å². The van der Waals surface area contributed by atoms with E-state index in [0.717, 1.165) is 22.6 Å². The van der Waals surface area contributed by atoms with Crippen molar-refractivity contribution in [3.8, 4) is 0 Å². The zero-order chi connectivity index (χ0) is 29.9. The number of hydrogen-bond donors (Lipinski definition) is 0. The largest absolute Gasteiger partial charge is 0.460 e. The van der Waals surface area contributed by atoms with Crippen LogP contribution in [0.15, 0.2) is 30.3 Å². The van der Waals surface area contributed by atoms with E-state index in [2.05, 4.69) is 0 Å². The van der Waals surface area contributed by atoms with Crippen molar-refractivity contribution in [2.45, 2.75) is 70.7 Å². The van der Waals surface area contributed by atoms with E-state index in [1.807, 2.05) is 0 Å². The molecule has 1 aromatic carbocycles. The van der Waals surface area contributed by atoms with Crippen LogP contribution in [0.3, 0.4) is 0 Å². The molecule has 0 aliphatic heterocycles. The molecule has 0 aliphatic rings. The average Bonchev–Trinajstić information content (AvgIpc) is 2.72. The van der Waals surface area contributed by atoms with E-state index in [1.165, 1.54) is 43.4 Å². The van der Waals surface area contributed by atoms with Crippen LogP contribution >= 0.6 is 22.6 Å². The first-order chi connectivity index (χ1) is 16.0. The van der Waals surface area contributed by atoms with Crippen molar-refractivity contribution in [3.63, 3.8) is 0 Å². The molecular weight excluding hydrogens is 694 g/mol. The van der Waals surface area contributed by atoms with Crippen molar-refractivity contribution < 1.29 is 74.6 Å². The molecular formula is C18H14F17ISi. The first-order valence-corrected chi connectivity index (χ1v) is 13.7. The standard InChI is InChI=1S/C18H14F17ISi/c1-37(2,9-6-4-3-5-7-9)10(36)8-11(19,20)12(21,22)13(23,24)14(25,26)15(27,28)16(29,30)17(31,32)18(33,34)35/h3-7,10H,8H2,1-2H3. The molecule has 37 heavy (non-hydrogen) atoms. The summed E-state index contributed by atoms with van der Waals surface area (Å²) < 4.78 is 226. The predicted molar refractivity (Wildman–Crippen MR) is 107 cm³/mol. The van der Waals surface area contributed by atoms with Gasteiger partial charge in [-0.15, -0.1) is 0 Å². The molecule has 1 rings (SSSR count). The Hall–Kier alpha value is -1.02. The first-order valence-electron chi connectivity index (χ1n) is 9.39. The lowest BCUT2D eigenvalue weighted by molar-refractivity contribution is -0.461. The third-order valence-corrected chi connectivity index (χ3v) is 14.2. The normalized spacial score (nSPS) is 16.6. The summed E-state index contributed by atoms with van der Waals surface area (Å²) in [4.78, 5) is 0. The smallest absolute Gasteiger partial charge is 0.200 e. The molecule has 0 spiro atoms. The molecule has 1 atom stereocenters. The lowest BCUT2D eigenvalue weighted by Gasteiger charge is -2.43. The molecule has 0 amide bonds. The quantitative estimate of drug-likeness (QED) is 0.0993. The van der Waals surface area contributed by atoms with Gasteiger partial charge in [-0.1, -0.05) is 71.2 Å². The van der Waals surface area contributed by atoms with E-state index in [0.29, 0.717) is 0 Å². The fourth-order valence-electron chi connectivity index (χ4n) is 2.85. The van der Waals surface area contributed by atoms with E-state index in [-0.39, 0.29) is 5.19 Å². The van der Waals surface area contributed by atoms with Crippen molar-refractivity contribution in [1.29, 1.82) is 0 Å². The van der Waals surface area contributed by atoms with E-state index < -0.39 is 65.7 Å². The maximum Gasteiger partial charge on any atom is 0.460 e. The summed E-state index contributed by atoms with van der Waals surface area (Å²) in [7, 11) is -3.34. The van der Waals surface area contributed by atoms with Crippen molar-refractivity contribution in [1.82, 2.24) is 0 Å². The molecule has 0 heterocycles. The monoisotopic (exact) mass is 708 g/mol. The first kappa shape index (κ1) is 34.0. The van der Waals surface area contributed by atoms with Gasteiger partial charge in [0.25, 0.3) is 0 Å². The van der Waals surface area contributed by atoms with Crippen molar-refractivity contribution in [3.05, 3.63) is 30.3 Å². The second kappa shape index (κ2) is 9.56. The van der Waals surface area contributed by atoms with Gasteiger partial charge in [0.1, 0.15) is 0 Å². The zero-order valence-corrected chi connectivity index (χ0v) is 21.1. The van der Waals surface area contributed by atoms with Crippen LogP contribution in [0.5, 0.6) is 0 Å². The molecule has 216 valence electrons. The summed E-state index contributed by atoms with van der Waals surface area (Å²) >= 11 is 1.07. The SMILES string of the molecule is C[Si](C)(c1ccccc1)C(I)CC(F)(F)C(F)(F)C(F)(F)C(F)(F)C(F)(F)C(F)(F)C(F)(F)C(F)(F)F. The molecule has 0 nitrogen and oxygen atoms in total. The Kier molecular flexibility index (Phi) is 8.79. The van der Waals surface area contributed by atoms with Gasteiger partial charge in [-0.25, -0.2) is 0 Å². The third kappa shape index (κ3) is 5.03. The van der Waals surface area contributed by atoms with E-state index >= 15 is 0 Å². The van der Waals surface area contributed by atoms with Crippen LogP contribution in [0.25, 0.3) is 0 Å². The van der Waals surface area contributed by atoms with Crippen LogP contribution in [-0.2, 0) is 0 Å². The Morgan fingerprint density at radius 3 is 1.24 bits per heavy atom. The summed E-state index contributed by atoms with van der Waals surface area (Å²) in [6, 6.07) is 6.82. The lowest BCUT2D eigenvalue weighted by Crippen LogP contribution is -2.74. The van der Waals surface area contributed by atoms with Gasteiger partial charge >= 0.3 is 47.6 Å². The van der Waals surface area contributed by atoms with Gasteiger partial charge in [0.05, 0.1) is 8.07 Å². The number of rotatable bonds is 10. The van der Waals surface area contributed by atoms with Crippen LogP contribution < -0.4 is 5.19 Å². The van der Waals surface area contributed by atoms with Crippen LogP contribution in [0.4, 0.5) is 74.6 Å². The number of hydrogen-bond acceptors (Lipinski definition) is 0. The van der Waals surface area contributed by atoms with Gasteiger partial charge in [0, 0.05) is 9.97 Å². The van der Waals surface area contributed by atoms with Crippen molar-refractivity contribution in [2.75, 3.05) is 0 Å². The van der Waals surface area contributed by atoms with Crippen LogP contribution in [0, 0.1) is 0 Å². The maximum absolute atomic E-state index is 14.3. The molecule has 0 N–H and O–H groups in total. The number of benzene rings is 1. The number of halogens is 18. The summed E-state index contributed by atoms with van der Waals surface area (Å²) in [6.07, 6.45) is -10.2. The topological polar surface area (TPSA) is 0 Å². The van der Waals surface area contributed by atoms with E-state index in [4.69, 9.17) is 0 Å². The predicted octanol–water partition coefficient (Wildman–Crippen LogP) is 8.34. The molecule has 0 bridgehead atoms. The highest BCUT2D eigenvalue weighted by atomic mass is 127. The van der Waals surface area contributed by atoms with Crippen LogP contribution in [0.1, 0.15) is 6.42 Å². The molecule has 0 radical (unpaired) electrons. The molecule has 0 saturated carbocycles. The summed E-state index contributed by atoms with van der Waals surface area (Å²) in [5.74, 6) is -56.1. The van der Waals surface area contributed by atoms with Gasteiger partial charge in [0.2, 0.25) is 0 Å². The molecule has 0 aliphatic carbocycles. The second-order valence-corrected chi connectivity index (χ2v) is 15.8.